The summed E-state index contributed by atoms with van der Waals surface area (Å²) in [6.45, 7) is 1.97. The Morgan fingerprint density at radius 3 is 2.78 bits per heavy atom. The largest absolute Gasteiger partial charge is 0.351 e. The fraction of sp³-hybridized carbons (Fsp3) is 0.357. The zero-order valence-electron chi connectivity index (χ0n) is 10.2. The topological polar surface area (TPSA) is 56.9 Å². The number of carbonyl (C=O) groups is 1. The van der Waals surface area contributed by atoms with Crippen LogP contribution in [0.1, 0.15) is 23.3 Å². The minimum Gasteiger partial charge on any atom is -0.351 e. The van der Waals surface area contributed by atoms with Gasteiger partial charge in [-0.25, -0.2) is 0 Å². The molecule has 0 unspecified atom stereocenters. The molecule has 2 aromatic rings. The number of fused-ring (bicyclic) bond motifs is 1. The zero-order valence-corrected chi connectivity index (χ0v) is 10.2. The second-order valence-corrected chi connectivity index (χ2v) is 4.77. The lowest BCUT2D eigenvalue weighted by atomic mass is 10.1. The summed E-state index contributed by atoms with van der Waals surface area (Å²) in [6.07, 6.45) is 2.01. The average Bonchev–Trinajstić information content (AvgIpc) is 2.84. The van der Waals surface area contributed by atoms with E-state index in [1.807, 2.05) is 30.3 Å². The Morgan fingerprint density at radius 2 is 2.00 bits per heavy atom. The van der Waals surface area contributed by atoms with E-state index < -0.39 is 0 Å². The van der Waals surface area contributed by atoms with Gasteiger partial charge in [-0.15, -0.1) is 0 Å². The Bertz CT molecular complexity index is 522. The standard InChI is InChI=1S/C14H17N3O/c18-14(16-11-5-7-15-8-6-11)13-9-10-3-1-2-4-12(10)17-13/h1-4,9,11,15,17H,5-8H2,(H,16,18). The number of para-hydroxylation sites is 1. The first-order valence-electron chi connectivity index (χ1n) is 6.42. The highest BCUT2D eigenvalue weighted by Gasteiger charge is 2.17. The molecule has 1 amide bonds. The van der Waals surface area contributed by atoms with E-state index in [0.717, 1.165) is 36.8 Å². The van der Waals surface area contributed by atoms with Gasteiger partial charge in [0.2, 0.25) is 0 Å². The van der Waals surface area contributed by atoms with Crippen molar-refractivity contribution in [2.24, 2.45) is 0 Å². The zero-order chi connectivity index (χ0) is 12.4. The monoisotopic (exact) mass is 243 g/mol. The van der Waals surface area contributed by atoms with E-state index in [1.165, 1.54) is 0 Å². The van der Waals surface area contributed by atoms with Crippen molar-refractivity contribution < 1.29 is 4.79 Å². The summed E-state index contributed by atoms with van der Waals surface area (Å²) in [7, 11) is 0. The van der Waals surface area contributed by atoms with Crippen LogP contribution >= 0.6 is 0 Å². The maximum atomic E-state index is 12.1. The SMILES string of the molecule is O=C(NC1CCNCC1)c1cc2ccccc2[nH]1. The lowest BCUT2D eigenvalue weighted by molar-refractivity contribution is 0.0925. The molecule has 94 valence electrons. The molecule has 1 aromatic heterocycles. The second kappa shape index (κ2) is 4.82. The van der Waals surface area contributed by atoms with Crippen molar-refractivity contribution in [1.29, 1.82) is 0 Å². The molecule has 1 aliphatic rings. The number of aromatic nitrogens is 1. The van der Waals surface area contributed by atoms with Gasteiger partial charge in [-0.1, -0.05) is 18.2 Å². The van der Waals surface area contributed by atoms with Gasteiger partial charge in [0.1, 0.15) is 5.69 Å². The molecule has 1 saturated heterocycles. The molecule has 0 atom stereocenters. The highest BCUT2D eigenvalue weighted by Crippen LogP contribution is 2.15. The Labute approximate surface area is 106 Å². The third-order valence-electron chi connectivity index (χ3n) is 3.45. The summed E-state index contributed by atoms with van der Waals surface area (Å²) in [4.78, 5) is 15.3. The molecule has 3 rings (SSSR count). The van der Waals surface area contributed by atoms with Gasteiger partial charge in [-0.2, -0.15) is 0 Å². The van der Waals surface area contributed by atoms with Gasteiger partial charge >= 0.3 is 0 Å². The van der Waals surface area contributed by atoms with Crippen molar-refractivity contribution in [2.45, 2.75) is 18.9 Å². The molecule has 1 aromatic carbocycles. The van der Waals surface area contributed by atoms with Crippen molar-refractivity contribution in [3.63, 3.8) is 0 Å². The van der Waals surface area contributed by atoms with Crippen molar-refractivity contribution in [3.05, 3.63) is 36.0 Å². The van der Waals surface area contributed by atoms with Gasteiger partial charge in [0.15, 0.2) is 0 Å². The van der Waals surface area contributed by atoms with Crippen LogP contribution < -0.4 is 10.6 Å². The van der Waals surface area contributed by atoms with Gasteiger partial charge in [0.05, 0.1) is 0 Å². The molecule has 3 N–H and O–H groups in total. The molecule has 4 nitrogen and oxygen atoms in total. The van der Waals surface area contributed by atoms with E-state index >= 15 is 0 Å². The van der Waals surface area contributed by atoms with E-state index in [0.29, 0.717) is 11.7 Å². The smallest absolute Gasteiger partial charge is 0.267 e. The molecule has 1 fully saturated rings. The van der Waals surface area contributed by atoms with E-state index in [4.69, 9.17) is 0 Å². The molecule has 0 radical (unpaired) electrons. The number of nitrogens with one attached hydrogen (secondary N) is 3. The predicted octanol–water partition coefficient (Wildman–Crippen LogP) is 1.65. The Hall–Kier alpha value is -1.81. The normalized spacial score (nSPS) is 16.9. The van der Waals surface area contributed by atoms with Gasteiger partial charge in [0.25, 0.3) is 5.91 Å². The quantitative estimate of drug-likeness (QED) is 0.751. The van der Waals surface area contributed by atoms with Crippen LogP contribution in [0.5, 0.6) is 0 Å². The molecule has 4 heteroatoms. The fourth-order valence-electron chi connectivity index (χ4n) is 2.43. The van der Waals surface area contributed by atoms with Crippen LogP contribution in [0.2, 0.25) is 0 Å². The number of piperidine rings is 1. The average molecular weight is 243 g/mol. The summed E-state index contributed by atoms with van der Waals surface area (Å²) in [5.74, 6) is -0.00176. The molecular formula is C14H17N3O. The van der Waals surface area contributed by atoms with E-state index in [2.05, 4.69) is 15.6 Å². The summed E-state index contributed by atoms with van der Waals surface area (Å²) < 4.78 is 0. The number of rotatable bonds is 2. The summed E-state index contributed by atoms with van der Waals surface area (Å²) in [5, 5.41) is 7.45. The maximum absolute atomic E-state index is 12.1. The highest BCUT2D eigenvalue weighted by atomic mass is 16.1. The first-order chi connectivity index (χ1) is 8.83. The molecular weight excluding hydrogens is 226 g/mol. The van der Waals surface area contributed by atoms with Gasteiger partial charge in [-0.05, 0) is 38.1 Å². The maximum Gasteiger partial charge on any atom is 0.267 e. The minimum atomic E-state index is -0.00176. The lowest BCUT2D eigenvalue weighted by Gasteiger charge is -2.23. The number of amides is 1. The van der Waals surface area contributed by atoms with E-state index in [-0.39, 0.29) is 5.91 Å². The van der Waals surface area contributed by atoms with Crippen molar-refractivity contribution in [3.8, 4) is 0 Å². The van der Waals surface area contributed by atoms with E-state index in [9.17, 15) is 4.79 Å². The van der Waals surface area contributed by atoms with Crippen molar-refractivity contribution in [2.75, 3.05) is 13.1 Å². The van der Waals surface area contributed by atoms with Crippen molar-refractivity contribution >= 4 is 16.8 Å². The Balaban J connectivity index is 1.74. The lowest BCUT2D eigenvalue weighted by Crippen LogP contribution is -2.42. The van der Waals surface area contributed by atoms with Crippen LogP contribution in [-0.4, -0.2) is 30.0 Å². The number of H-pyrrole nitrogens is 1. The molecule has 2 heterocycles. The summed E-state index contributed by atoms with van der Waals surface area (Å²) in [6, 6.07) is 10.1. The van der Waals surface area contributed by atoms with Crippen LogP contribution in [0.25, 0.3) is 10.9 Å². The third kappa shape index (κ3) is 2.24. The number of hydrogen-bond donors (Lipinski definition) is 3. The van der Waals surface area contributed by atoms with E-state index in [1.54, 1.807) is 0 Å². The molecule has 0 saturated carbocycles. The first-order valence-corrected chi connectivity index (χ1v) is 6.42. The van der Waals surface area contributed by atoms with Gasteiger partial charge in [0, 0.05) is 16.9 Å². The van der Waals surface area contributed by atoms with Crippen LogP contribution in [0.4, 0.5) is 0 Å². The fourth-order valence-corrected chi connectivity index (χ4v) is 2.43. The van der Waals surface area contributed by atoms with Gasteiger partial charge in [-0.3, -0.25) is 4.79 Å². The molecule has 18 heavy (non-hydrogen) atoms. The molecule has 0 bridgehead atoms. The summed E-state index contributed by atoms with van der Waals surface area (Å²) in [5.41, 5.74) is 1.66. The molecule has 1 aliphatic heterocycles. The van der Waals surface area contributed by atoms with Gasteiger partial charge < -0.3 is 15.6 Å². The number of aromatic amines is 1. The minimum absolute atomic E-state index is 0.00176. The number of carbonyl (C=O) groups excluding carboxylic acids is 1. The van der Waals surface area contributed by atoms with Crippen LogP contribution in [0.3, 0.4) is 0 Å². The van der Waals surface area contributed by atoms with Crippen LogP contribution in [0, 0.1) is 0 Å². The Morgan fingerprint density at radius 1 is 1.22 bits per heavy atom. The third-order valence-corrected chi connectivity index (χ3v) is 3.45. The number of hydrogen-bond acceptors (Lipinski definition) is 2. The van der Waals surface area contributed by atoms with Crippen molar-refractivity contribution in [1.82, 2.24) is 15.6 Å². The highest BCUT2D eigenvalue weighted by molar-refractivity contribution is 5.98. The Kier molecular flexibility index (Phi) is 3.02. The first kappa shape index (κ1) is 11.3. The molecule has 0 aliphatic carbocycles. The van der Waals surface area contributed by atoms with Crippen LogP contribution in [-0.2, 0) is 0 Å². The molecule has 0 spiro atoms. The second-order valence-electron chi connectivity index (χ2n) is 4.77. The predicted molar refractivity (Wildman–Crippen MR) is 71.7 cm³/mol. The number of benzene rings is 1. The van der Waals surface area contributed by atoms with Crippen LogP contribution in [0.15, 0.2) is 30.3 Å². The summed E-state index contributed by atoms with van der Waals surface area (Å²) >= 11 is 0.